The number of piperazine rings is 1. The second kappa shape index (κ2) is 9.14. The van der Waals surface area contributed by atoms with Crippen LogP contribution in [0, 0.1) is 5.82 Å². The molecule has 0 aliphatic carbocycles. The van der Waals surface area contributed by atoms with Crippen LogP contribution in [0.25, 0.3) is 0 Å². The van der Waals surface area contributed by atoms with Crippen molar-refractivity contribution in [3.8, 4) is 0 Å². The monoisotopic (exact) mass is 465 g/mol. The number of aromatic nitrogens is 5. The summed E-state index contributed by atoms with van der Waals surface area (Å²) in [5.41, 5.74) is 0.406. The maximum absolute atomic E-state index is 13.1. The van der Waals surface area contributed by atoms with E-state index in [0.29, 0.717) is 55.9 Å². The van der Waals surface area contributed by atoms with E-state index in [1.165, 1.54) is 24.8 Å². The number of hydrogen-bond donors (Lipinski definition) is 2. The van der Waals surface area contributed by atoms with Gasteiger partial charge in [0.05, 0.1) is 36.5 Å². The van der Waals surface area contributed by atoms with Gasteiger partial charge in [0.15, 0.2) is 11.6 Å². The number of aliphatic hydroxyl groups is 1. The minimum atomic E-state index is -0.460. The van der Waals surface area contributed by atoms with Crippen LogP contribution in [0.1, 0.15) is 17.3 Å². The number of β-amino-alcohol motifs (C(OH)–C–C–N with tert-alkyl or cyclic N) is 1. The summed E-state index contributed by atoms with van der Waals surface area (Å²) in [5, 5.41) is 12.1. The molecule has 0 unspecified atom stereocenters. The zero-order valence-electron chi connectivity index (χ0n) is 18.5. The molecule has 5 rings (SSSR count). The third-order valence-electron chi connectivity index (χ3n) is 5.89. The second-order valence-corrected chi connectivity index (χ2v) is 8.37. The second-order valence-electron chi connectivity index (χ2n) is 8.37. The molecule has 176 valence electrons. The number of nitrogens with zero attached hydrogens (tertiary/aromatic N) is 8. The molecule has 0 spiro atoms. The van der Waals surface area contributed by atoms with Crippen molar-refractivity contribution in [1.82, 2.24) is 24.9 Å². The molecule has 0 radical (unpaired) electrons. The van der Waals surface area contributed by atoms with Crippen molar-refractivity contribution in [2.24, 2.45) is 0 Å². The van der Waals surface area contributed by atoms with E-state index in [1.807, 2.05) is 9.80 Å². The number of amides is 1. The first-order chi connectivity index (χ1) is 16.5. The van der Waals surface area contributed by atoms with Gasteiger partial charge in [-0.3, -0.25) is 4.79 Å². The fourth-order valence-corrected chi connectivity index (χ4v) is 4.02. The average Bonchev–Trinajstić information content (AvgIpc) is 2.83. The lowest BCUT2D eigenvalue weighted by atomic mass is 10.1. The van der Waals surface area contributed by atoms with Gasteiger partial charge in [-0.05, 0) is 19.1 Å². The van der Waals surface area contributed by atoms with Crippen LogP contribution in [0.4, 0.5) is 27.8 Å². The number of nitrogens with one attached hydrogen (secondary N) is 1. The van der Waals surface area contributed by atoms with Crippen LogP contribution in [-0.2, 0) is 0 Å². The van der Waals surface area contributed by atoms with Crippen molar-refractivity contribution in [3.05, 3.63) is 54.5 Å². The summed E-state index contributed by atoms with van der Waals surface area (Å²) >= 11 is 0. The van der Waals surface area contributed by atoms with E-state index >= 15 is 0 Å². The van der Waals surface area contributed by atoms with Crippen LogP contribution in [0.2, 0.25) is 0 Å². The van der Waals surface area contributed by atoms with Crippen molar-refractivity contribution >= 4 is 29.3 Å². The van der Waals surface area contributed by atoms with Gasteiger partial charge in [-0.15, -0.1) is 0 Å². The van der Waals surface area contributed by atoms with Gasteiger partial charge in [0, 0.05) is 45.0 Å². The van der Waals surface area contributed by atoms with Crippen molar-refractivity contribution in [3.63, 3.8) is 0 Å². The standard InChI is InChI=1S/C22H24FN9O2/c1-14-11-30(22-27-7-16(23)8-28-22)4-5-32(14)20-10-24-18(9-26-20)29-21(34)15-2-3-19(25-6-15)31-12-17(33)13-31/h2-3,6-10,14,17,33H,4-5,11-13H2,1H3,(H,24,29,34)/t14-/m1/s1. The number of carbonyl (C=O) groups excluding carboxylic acids is 1. The zero-order chi connectivity index (χ0) is 23.7. The van der Waals surface area contributed by atoms with Gasteiger partial charge in [0.25, 0.3) is 5.91 Å². The minimum Gasteiger partial charge on any atom is -0.389 e. The van der Waals surface area contributed by atoms with E-state index in [0.717, 1.165) is 5.82 Å². The molecule has 2 aliphatic rings. The smallest absolute Gasteiger partial charge is 0.258 e. The molecule has 12 heteroatoms. The Morgan fingerprint density at radius 3 is 2.32 bits per heavy atom. The fourth-order valence-electron chi connectivity index (χ4n) is 4.02. The SMILES string of the molecule is C[C@@H]1CN(c2ncc(F)cn2)CCN1c1cnc(NC(=O)c2ccc(N3CC(O)C3)nc2)cn1. The Morgan fingerprint density at radius 2 is 1.71 bits per heavy atom. The van der Waals surface area contributed by atoms with Gasteiger partial charge in [0.2, 0.25) is 5.95 Å². The number of halogens is 1. The van der Waals surface area contributed by atoms with E-state index in [2.05, 4.69) is 42.1 Å². The third-order valence-corrected chi connectivity index (χ3v) is 5.89. The lowest BCUT2D eigenvalue weighted by molar-refractivity contribution is 0.102. The van der Waals surface area contributed by atoms with E-state index in [9.17, 15) is 14.3 Å². The molecule has 34 heavy (non-hydrogen) atoms. The Balaban J connectivity index is 1.17. The highest BCUT2D eigenvalue weighted by Crippen LogP contribution is 2.21. The zero-order valence-corrected chi connectivity index (χ0v) is 18.5. The van der Waals surface area contributed by atoms with Gasteiger partial charge in [0.1, 0.15) is 11.6 Å². The Bertz CT molecular complexity index is 1140. The van der Waals surface area contributed by atoms with Crippen LogP contribution in [0.5, 0.6) is 0 Å². The summed E-state index contributed by atoms with van der Waals surface area (Å²) in [6, 6.07) is 3.55. The number of aliphatic hydroxyl groups excluding tert-OH is 1. The first-order valence-electron chi connectivity index (χ1n) is 11.0. The maximum atomic E-state index is 13.1. The molecular formula is C22H24FN9O2. The summed E-state index contributed by atoms with van der Waals surface area (Å²) < 4.78 is 13.1. The molecule has 0 bridgehead atoms. The molecule has 0 saturated carbocycles. The van der Waals surface area contributed by atoms with Crippen molar-refractivity contribution < 1.29 is 14.3 Å². The Morgan fingerprint density at radius 1 is 0.941 bits per heavy atom. The van der Waals surface area contributed by atoms with Crippen molar-refractivity contribution in [1.29, 1.82) is 0 Å². The first kappa shape index (κ1) is 21.9. The quantitative estimate of drug-likeness (QED) is 0.563. The Kier molecular flexibility index (Phi) is 5.88. The molecule has 3 aromatic rings. The molecule has 2 aliphatic heterocycles. The van der Waals surface area contributed by atoms with E-state index < -0.39 is 5.82 Å². The summed E-state index contributed by atoms with van der Waals surface area (Å²) in [4.78, 5) is 39.8. The number of rotatable bonds is 5. The predicted molar refractivity (Wildman–Crippen MR) is 123 cm³/mol. The normalized spacial score (nSPS) is 18.6. The molecule has 0 aromatic carbocycles. The van der Waals surface area contributed by atoms with Crippen LogP contribution in [0.3, 0.4) is 0 Å². The number of carbonyl (C=O) groups is 1. The fraction of sp³-hybridized carbons (Fsp3) is 0.364. The highest BCUT2D eigenvalue weighted by molar-refractivity contribution is 6.03. The summed E-state index contributed by atoms with van der Waals surface area (Å²) in [5.74, 6) is 1.49. The predicted octanol–water partition coefficient (Wildman–Crippen LogP) is 0.949. The number of anilines is 4. The van der Waals surface area contributed by atoms with E-state index in [1.54, 1.807) is 18.3 Å². The lowest BCUT2D eigenvalue weighted by Crippen LogP contribution is -2.53. The lowest BCUT2D eigenvalue weighted by Gasteiger charge is -2.40. The Labute approximate surface area is 195 Å². The summed E-state index contributed by atoms with van der Waals surface area (Å²) in [6.07, 6.45) is 6.68. The average molecular weight is 465 g/mol. The molecule has 5 heterocycles. The van der Waals surface area contributed by atoms with Crippen LogP contribution in [0.15, 0.2) is 43.1 Å². The molecule has 1 amide bonds. The molecule has 2 saturated heterocycles. The van der Waals surface area contributed by atoms with Crippen LogP contribution < -0.4 is 20.0 Å². The first-order valence-corrected chi connectivity index (χ1v) is 11.0. The van der Waals surface area contributed by atoms with E-state index in [-0.39, 0.29) is 18.1 Å². The van der Waals surface area contributed by atoms with Gasteiger partial charge in [-0.2, -0.15) is 0 Å². The molecule has 3 aromatic heterocycles. The van der Waals surface area contributed by atoms with Gasteiger partial charge in [-0.25, -0.2) is 29.3 Å². The van der Waals surface area contributed by atoms with Crippen molar-refractivity contribution in [2.75, 3.05) is 52.7 Å². The molecule has 1 atom stereocenters. The largest absolute Gasteiger partial charge is 0.389 e. The topological polar surface area (TPSA) is 124 Å². The summed E-state index contributed by atoms with van der Waals surface area (Å²) in [7, 11) is 0. The number of hydrogen-bond acceptors (Lipinski definition) is 10. The van der Waals surface area contributed by atoms with E-state index in [4.69, 9.17) is 0 Å². The molecule has 2 N–H and O–H groups in total. The van der Waals surface area contributed by atoms with Crippen molar-refractivity contribution in [2.45, 2.75) is 19.1 Å². The molecular weight excluding hydrogens is 441 g/mol. The van der Waals surface area contributed by atoms with Crippen LogP contribution in [-0.4, -0.2) is 80.8 Å². The minimum absolute atomic E-state index is 0.106. The number of pyridine rings is 1. The molecule has 2 fully saturated rings. The third kappa shape index (κ3) is 4.57. The highest BCUT2D eigenvalue weighted by Gasteiger charge is 2.27. The van der Waals surface area contributed by atoms with Crippen LogP contribution >= 0.6 is 0 Å². The van der Waals surface area contributed by atoms with Gasteiger partial charge < -0.3 is 25.1 Å². The van der Waals surface area contributed by atoms with Gasteiger partial charge in [-0.1, -0.05) is 0 Å². The summed E-state index contributed by atoms with van der Waals surface area (Å²) in [6.45, 7) is 5.15. The molecule has 11 nitrogen and oxygen atoms in total. The highest BCUT2D eigenvalue weighted by atomic mass is 19.1. The Hall–Kier alpha value is -3.93. The van der Waals surface area contributed by atoms with Gasteiger partial charge >= 0.3 is 0 Å². The maximum Gasteiger partial charge on any atom is 0.258 e.